The van der Waals surface area contributed by atoms with Crippen LogP contribution in [-0.4, -0.2) is 27.2 Å². The van der Waals surface area contributed by atoms with E-state index in [1.165, 1.54) is 7.11 Å². The number of ether oxygens (including phenoxy) is 1. The van der Waals surface area contributed by atoms with Crippen molar-refractivity contribution in [3.05, 3.63) is 48.0 Å². The summed E-state index contributed by atoms with van der Waals surface area (Å²) in [4.78, 5) is 23.8. The largest absolute Gasteiger partial charge is 0.463 e. The Bertz CT molecular complexity index is 585. The van der Waals surface area contributed by atoms with Gasteiger partial charge >= 0.3 is 5.97 Å². The van der Waals surface area contributed by atoms with E-state index in [2.05, 4.69) is 45.2 Å². The Morgan fingerprint density at radius 2 is 1.65 bits per heavy atom. The molecule has 1 aromatic carbocycles. The Labute approximate surface area is 139 Å². The third-order valence-corrected chi connectivity index (χ3v) is 8.74. The van der Waals surface area contributed by atoms with Crippen LogP contribution in [-0.2, 0) is 18.8 Å². The fourth-order valence-corrected chi connectivity index (χ4v) is 3.00. The number of rotatable bonds is 6. The first-order valence-electron chi connectivity index (χ1n) is 7.55. The van der Waals surface area contributed by atoms with Gasteiger partial charge in [-0.1, -0.05) is 57.7 Å². The van der Waals surface area contributed by atoms with Gasteiger partial charge in [0.15, 0.2) is 8.32 Å². The maximum absolute atomic E-state index is 12.2. The van der Waals surface area contributed by atoms with Gasteiger partial charge in [0.1, 0.15) is 0 Å². The van der Waals surface area contributed by atoms with Gasteiger partial charge in [-0.2, -0.15) is 0 Å². The number of ketones is 1. The molecule has 1 atom stereocenters. The van der Waals surface area contributed by atoms with Crippen molar-refractivity contribution >= 4 is 20.1 Å². The Hall–Kier alpha value is -1.72. The predicted molar refractivity (Wildman–Crippen MR) is 93.6 cm³/mol. The van der Waals surface area contributed by atoms with Crippen LogP contribution in [0.2, 0.25) is 18.1 Å². The minimum atomic E-state index is -2.17. The zero-order valence-corrected chi connectivity index (χ0v) is 15.8. The molecule has 0 aliphatic carbocycles. The predicted octanol–water partition coefficient (Wildman–Crippen LogP) is 4.05. The number of carbonyl (C=O) groups excluding carboxylic acids is 2. The number of esters is 1. The highest BCUT2D eigenvalue weighted by molar-refractivity contribution is 6.74. The third-order valence-electron chi connectivity index (χ3n) is 4.30. The minimum Gasteiger partial charge on any atom is -0.463 e. The highest BCUT2D eigenvalue weighted by Gasteiger charge is 2.41. The van der Waals surface area contributed by atoms with Crippen LogP contribution in [0.3, 0.4) is 0 Å². The molecule has 1 aromatic rings. The van der Waals surface area contributed by atoms with Gasteiger partial charge in [-0.15, -0.1) is 0 Å². The summed E-state index contributed by atoms with van der Waals surface area (Å²) in [6.45, 7) is 14.4. The second-order valence-electron chi connectivity index (χ2n) is 7.01. The molecule has 5 heteroatoms. The summed E-state index contributed by atoms with van der Waals surface area (Å²) in [5, 5.41) is -0.0331. The number of hydrogen-bond donors (Lipinski definition) is 0. The molecule has 0 aromatic heterocycles. The fourth-order valence-electron chi connectivity index (χ4n) is 1.78. The summed E-state index contributed by atoms with van der Waals surface area (Å²) >= 11 is 0. The molecule has 0 unspecified atom stereocenters. The number of methoxy groups -OCH3 is 1. The quantitative estimate of drug-likeness (QED) is 0.341. The first-order valence-corrected chi connectivity index (χ1v) is 10.5. The lowest BCUT2D eigenvalue weighted by molar-refractivity contribution is -0.150. The summed E-state index contributed by atoms with van der Waals surface area (Å²) in [7, 11) is -0.989. The summed E-state index contributed by atoms with van der Waals surface area (Å²) in [5.41, 5.74) is 0.910. The van der Waals surface area contributed by atoms with Crippen molar-refractivity contribution in [1.82, 2.24) is 0 Å². The molecule has 0 radical (unpaired) electrons. The van der Waals surface area contributed by atoms with Crippen LogP contribution in [0.4, 0.5) is 0 Å². The Morgan fingerprint density at radius 3 is 2.09 bits per heavy atom. The van der Waals surface area contributed by atoms with Gasteiger partial charge in [-0.05, 0) is 23.7 Å². The van der Waals surface area contributed by atoms with Gasteiger partial charge in [0.2, 0.25) is 0 Å². The van der Waals surface area contributed by atoms with Crippen LogP contribution < -0.4 is 0 Å². The molecule has 0 amide bonds. The SMILES string of the molecule is C=C(C(=O)C(=O)OC)[C@H](O[Si](C)(C)C(C)(C)C)c1ccccc1. The molecule has 0 aliphatic rings. The van der Waals surface area contributed by atoms with Crippen LogP contribution in [0.25, 0.3) is 0 Å². The molecular weight excluding hydrogens is 308 g/mol. The maximum atomic E-state index is 12.2. The second kappa shape index (κ2) is 7.23. The fraction of sp³-hybridized carbons (Fsp3) is 0.444. The molecule has 0 spiro atoms. The molecule has 0 saturated heterocycles. The summed E-state index contributed by atoms with van der Waals surface area (Å²) in [6, 6.07) is 9.36. The molecule has 126 valence electrons. The van der Waals surface area contributed by atoms with Crippen molar-refractivity contribution in [1.29, 1.82) is 0 Å². The number of carbonyl (C=O) groups is 2. The van der Waals surface area contributed by atoms with E-state index in [0.717, 1.165) is 5.56 Å². The summed E-state index contributed by atoms with van der Waals surface area (Å²) in [5.74, 6) is -1.67. The van der Waals surface area contributed by atoms with Gasteiger partial charge in [-0.25, -0.2) is 4.79 Å². The lowest BCUT2D eigenvalue weighted by Gasteiger charge is -2.39. The van der Waals surface area contributed by atoms with Crippen LogP contribution in [0.5, 0.6) is 0 Å². The van der Waals surface area contributed by atoms with E-state index in [1.54, 1.807) is 0 Å². The topological polar surface area (TPSA) is 52.6 Å². The Balaban J connectivity index is 3.22. The minimum absolute atomic E-state index is 0.0331. The van der Waals surface area contributed by atoms with Crippen LogP contribution in [0.1, 0.15) is 32.4 Å². The molecule has 4 nitrogen and oxygen atoms in total. The first kappa shape index (κ1) is 19.3. The van der Waals surface area contributed by atoms with Crippen LogP contribution in [0.15, 0.2) is 42.5 Å². The molecule has 1 rings (SSSR count). The molecule has 0 heterocycles. The van der Waals surface area contributed by atoms with E-state index in [1.807, 2.05) is 30.3 Å². The van der Waals surface area contributed by atoms with Crippen molar-refractivity contribution in [2.24, 2.45) is 0 Å². The molecular formula is C18H26O4Si. The van der Waals surface area contributed by atoms with Gasteiger partial charge in [0, 0.05) is 5.57 Å². The standard InChI is InChI=1S/C18H26O4Si/c1-13(15(19)17(20)21-5)16(14-11-9-8-10-12-14)22-23(6,7)18(2,3)4/h8-12,16H,1H2,2-7H3/t16-/m0/s1. The van der Waals surface area contributed by atoms with Gasteiger partial charge in [0.05, 0.1) is 13.2 Å². The summed E-state index contributed by atoms with van der Waals surface area (Å²) in [6.07, 6.45) is -0.649. The Kier molecular flexibility index (Phi) is 6.08. The average molecular weight is 334 g/mol. The van der Waals surface area contributed by atoms with Crippen molar-refractivity contribution < 1.29 is 18.8 Å². The zero-order valence-electron chi connectivity index (χ0n) is 14.8. The van der Waals surface area contributed by atoms with Crippen molar-refractivity contribution in [3.63, 3.8) is 0 Å². The van der Waals surface area contributed by atoms with E-state index in [9.17, 15) is 9.59 Å². The Morgan fingerprint density at radius 1 is 1.13 bits per heavy atom. The van der Waals surface area contributed by atoms with E-state index < -0.39 is 26.2 Å². The monoisotopic (exact) mass is 334 g/mol. The summed E-state index contributed by atoms with van der Waals surface area (Å²) < 4.78 is 10.9. The first-order chi connectivity index (χ1) is 10.5. The van der Waals surface area contributed by atoms with E-state index in [-0.39, 0.29) is 10.6 Å². The second-order valence-corrected chi connectivity index (χ2v) is 11.8. The maximum Gasteiger partial charge on any atom is 0.379 e. The van der Waals surface area contributed by atoms with E-state index >= 15 is 0 Å². The average Bonchev–Trinajstić information content (AvgIpc) is 2.50. The molecule has 0 fully saturated rings. The highest BCUT2D eigenvalue weighted by Crippen LogP contribution is 2.41. The molecule has 0 aliphatic heterocycles. The number of Topliss-reactive ketones (excluding diaryl/α,β-unsaturated/α-hetero) is 1. The van der Waals surface area contributed by atoms with E-state index in [0.29, 0.717) is 0 Å². The third kappa shape index (κ3) is 4.62. The van der Waals surface area contributed by atoms with Gasteiger partial charge in [-0.3, -0.25) is 4.79 Å². The van der Waals surface area contributed by atoms with Crippen LogP contribution in [0, 0.1) is 0 Å². The van der Waals surface area contributed by atoms with Gasteiger partial charge < -0.3 is 9.16 Å². The lowest BCUT2D eigenvalue weighted by atomic mass is 10.00. The highest BCUT2D eigenvalue weighted by atomic mass is 28.4. The lowest BCUT2D eigenvalue weighted by Crippen LogP contribution is -2.42. The smallest absolute Gasteiger partial charge is 0.379 e. The van der Waals surface area contributed by atoms with Crippen molar-refractivity contribution in [3.8, 4) is 0 Å². The van der Waals surface area contributed by atoms with Crippen molar-refractivity contribution in [2.75, 3.05) is 7.11 Å². The molecule has 0 N–H and O–H groups in total. The number of benzene rings is 1. The number of hydrogen-bond acceptors (Lipinski definition) is 4. The van der Waals surface area contributed by atoms with Gasteiger partial charge in [0.25, 0.3) is 5.78 Å². The normalized spacial score (nSPS) is 13.3. The molecule has 0 saturated carbocycles. The van der Waals surface area contributed by atoms with E-state index in [4.69, 9.17) is 4.43 Å². The van der Waals surface area contributed by atoms with Crippen molar-refractivity contribution in [2.45, 2.75) is 45.0 Å². The zero-order chi connectivity index (χ0) is 17.8. The van der Waals surface area contributed by atoms with Crippen LogP contribution >= 0.6 is 0 Å². The molecule has 23 heavy (non-hydrogen) atoms. The molecule has 0 bridgehead atoms.